The molecule has 1 aromatic rings. The molecule has 2 atom stereocenters. The molecule has 0 spiro atoms. The highest BCUT2D eigenvalue weighted by Crippen LogP contribution is 2.25. The van der Waals surface area contributed by atoms with Gasteiger partial charge in [-0.1, -0.05) is 37.6 Å². The lowest BCUT2D eigenvalue weighted by molar-refractivity contribution is 0.331. The van der Waals surface area contributed by atoms with Crippen molar-refractivity contribution in [3.05, 3.63) is 34.9 Å². The van der Waals surface area contributed by atoms with Gasteiger partial charge in [-0.2, -0.15) is 0 Å². The minimum Gasteiger partial charge on any atom is -0.330 e. The molecule has 0 bridgehead atoms. The molecule has 0 saturated heterocycles. The fraction of sp³-hybridized carbons (Fsp3) is 0.500. The maximum Gasteiger partial charge on any atom is 0.0406 e. The van der Waals surface area contributed by atoms with E-state index in [1.165, 1.54) is 0 Å². The van der Waals surface area contributed by atoms with Crippen LogP contribution in [0.25, 0.3) is 0 Å². The first-order chi connectivity index (χ1) is 7.06. The lowest BCUT2D eigenvalue weighted by Gasteiger charge is -2.26. The first kappa shape index (κ1) is 12.5. The average molecular weight is 227 g/mol. The van der Waals surface area contributed by atoms with Gasteiger partial charge in [0.1, 0.15) is 0 Å². The van der Waals surface area contributed by atoms with Crippen molar-refractivity contribution in [2.24, 2.45) is 23.3 Å². The van der Waals surface area contributed by atoms with Crippen molar-refractivity contribution in [1.29, 1.82) is 0 Å². The van der Waals surface area contributed by atoms with Crippen LogP contribution < -0.4 is 11.5 Å². The maximum atomic E-state index is 6.18. The Kier molecular flexibility index (Phi) is 4.58. The van der Waals surface area contributed by atoms with Gasteiger partial charge < -0.3 is 11.5 Å². The third-order valence-corrected chi connectivity index (χ3v) is 3.10. The summed E-state index contributed by atoms with van der Waals surface area (Å²) in [5, 5.41) is 0.736. The van der Waals surface area contributed by atoms with E-state index in [-0.39, 0.29) is 6.04 Å². The summed E-state index contributed by atoms with van der Waals surface area (Å²) in [7, 11) is 0. The SMILES string of the molecule is CC(C)C(CN)C(N)c1ccc(Cl)cc1. The zero-order valence-electron chi connectivity index (χ0n) is 9.28. The number of nitrogens with two attached hydrogens (primary N) is 2. The monoisotopic (exact) mass is 226 g/mol. The summed E-state index contributed by atoms with van der Waals surface area (Å²) in [6, 6.07) is 7.66. The fourth-order valence-electron chi connectivity index (χ4n) is 1.77. The highest BCUT2D eigenvalue weighted by atomic mass is 35.5. The van der Waals surface area contributed by atoms with Gasteiger partial charge in [-0.15, -0.1) is 0 Å². The van der Waals surface area contributed by atoms with Gasteiger partial charge in [0, 0.05) is 11.1 Å². The van der Waals surface area contributed by atoms with Crippen LogP contribution in [0.2, 0.25) is 5.02 Å². The summed E-state index contributed by atoms with van der Waals surface area (Å²) in [6.07, 6.45) is 0. The van der Waals surface area contributed by atoms with Gasteiger partial charge in [-0.25, -0.2) is 0 Å². The molecule has 0 amide bonds. The number of halogens is 1. The summed E-state index contributed by atoms with van der Waals surface area (Å²) in [5.74, 6) is 0.798. The molecule has 2 nitrogen and oxygen atoms in total. The van der Waals surface area contributed by atoms with Gasteiger partial charge in [0.25, 0.3) is 0 Å². The van der Waals surface area contributed by atoms with E-state index in [4.69, 9.17) is 23.1 Å². The molecule has 0 saturated carbocycles. The van der Waals surface area contributed by atoms with Gasteiger partial charge in [0.15, 0.2) is 0 Å². The Morgan fingerprint density at radius 2 is 1.73 bits per heavy atom. The van der Waals surface area contributed by atoms with Crippen LogP contribution in [0.3, 0.4) is 0 Å². The number of hydrogen-bond donors (Lipinski definition) is 2. The van der Waals surface area contributed by atoms with Crippen molar-refractivity contribution in [2.45, 2.75) is 19.9 Å². The van der Waals surface area contributed by atoms with Crippen LogP contribution in [-0.2, 0) is 0 Å². The summed E-state index contributed by atoms with van der Waals surface area (Å²) in [5.41, 5.74) is 13.0. The largest absolute Gasteiger partial charge is 0.330 e. The minimum atomic E-state index is -0.00716. The van der Waals surface area contributed by atoms with Crippen molar-refractivity contribution in [3.8, 4) is 0 Å². The van der Waals surface area contributed by atoms with E-state index in [0.717, 1.165) is 10.6 Å². The standard InChI is InChI=1S/C12H19ClN2/c1-8(2)11(7-14)12(15)9-3-5-10(13)6-4-9/h3-6,8,11-12H,7,14-15H2,1-2H3. The molecule has 0 radical (unpaired) electrons. The normalized spacial score (nSPS) is 15.3. The van der Waals surface area contributed by atoms with E-state index < -0.39 is 0 Å². The molecule has 2 unspecified atom stereocenters. The molecule has 0 aromatic heterocycles. The van der Waals surface area contributed by atoms with Gasteiger partial charge in [-0.3, -0.25) is 0 Å². The van der Waals surface area contributed by atoms with E-state index >= 15 is 0 Å². The first-order valence-corrected chi connectivity index (χ1v) is 5.65. The molecule has 84 valence electrons. The van der Waals surface area contributed by atoms with Crippen LogP contribution in [0, 0.1) is 11.8 Å². The van der Waals surface area contributed by atoms with Crippen LogP contribution in [0.15, 0.2) is 24.3 Å². The van der Waals surface area contributed by atoms with E-state index in [9.17, 15) is 0 Å². The Labute approximate surface area is 96.6 Å². The van der Waals surface area contributed by atoms with Gasteiger partial charge in [0.2, 0.25) is 0 Å². The number of rotatable bonds is 4. The van der Waals surface area contributed by atoms with Crippen molar-refractivity contribution >= 4 is 11.6 Å². The first-order valence-electron chi connectivity index (χ1n) is 5.27. The number of benzene rings is 1. The minimum absolute atomic E-state index is 0.00716. The average Bonchev–Trinajstić information content (AvgIpc) is 2.19. The lowest BCUT2D eigenvalue weighted by atomic mass is 9.85. The van der Waals surface area contributed by atoms with Crippen LogP contribution in [-0.4, -0.2) is 6.54 Å². The van der Waals surface area contributed by atoms with Crippen molar-refractivity contribution in [3.63, 3.8) is 0 Å². The van der Waals surface area contributed by atoms with Gasteiger partial charge in [0.05, 0.1) is 0 Å². The molecular formula is C12H19ClN2. The van der Waals surface area contributed by atoms with E-state index in [1.54, 1.807) is 0 Å². The third-order valence-electron chi connectivity index (χ3n) is 2.84. The smallest absolute Gasteiger partial charge is 0.0406 e. The highest BCUT2D eigenvalue weighted by Gasteiger charge is 2.20. The fourth-order valence-corrected chi connectivity index (χ4v) is 1.89. The molecule has 1 aromatic carbocycles. The summed E-state index contributed by atoms with van der Waals surface area (Å²) < 4.78 is 0. The van der Waals surface area contributed by atoms with E-state index in [0.29, 0.717) is 18.4 Å². The Bertz CT molecular complexity index is 295. The zero-order chi connectivity index (χ0) is 11.4. The predicted molar refractivity (Wildman–Crippen MR) is 65.8 cm³/mol. The molecular weight excluding hydrogens is 208 g/mol. The van der Waals surface area contributed by atoms with Crippen LogP contribution in [0.5, 0.6) is 0 Å². The van der Waals surface area contributed by atoms with Crippen LogP contribution in [0.4, 0.5) is 0 Å². The third kappa shape index (κ3) is 3.20. The second-order valence-corrected chi connectivity index (χ2v) is 4.66. The second-order valence-electron chi connectivity index (χ2n) is 4.22. The summed E-state index contributed by atoms with van der Waals surface area (Å²) in [4.78, 5) is 0. The Hall–Kier alpha value is -0.570. The second kappa shape index (κ2) is 5.50. The molecule has 0 heterocycles. The predicted octanol–water partition coefficient (Wildman–Crippen LogP) is 2.57. The summed E-state index contributed by atoms with van der Waals surface area (Å²) >= 11 is 5.83. The maximum absolute atomic E-state index is 6.18. The molecule has 1 rings (SSSR count). The van der Waals surface area contributed by atoms with Gasteiger partial charge >= 0.3 is 0 Å². The molecule has 0 aliphatic carbocycles. The van der Waals surface area contributed by atoms with Crippen molar-refractivity contribution in [2.75, 3.05) is 6.54 Å². The van der Waals surface area contributed by atoms with Crippen molar-refractivity contribution < 1.29 is 0 Å². The van der Waals surface area contributed by atoms with Crippen LogP contribution in [0.1, 0.15) is 25.5 Å². The molecule has 0 fully saturated rings. The number of hydrogen-bond acceptors (Lipinski definition) is 2. The molecule has 0 aliphatic rings. The zero-order valence-corrected chi connectivity index (χ0v) is 10.0. The lowest BCUT2D eigenvalue weighted by Crippen LogP contribution is -2.31. The van der Waals surface area contributed by atoms with Crippen molar-refractivity contribution in [1.82, 2.24) is 0 Å². The molecule has 3 heteroatoms. The highest BCUT2D eigenvalue weighted by molar-refractivity contribution is 6.30. The topological polar surface area (TPSA) is 52.0 Å². The van der Waals surface area contributed by atoms with E-state index in [1.807, 2.05) is 24.3 Å². The summed E-state index contributed by atoms with van der Waals surface area (Å²) in [6.45, 7) is 4.90. The Morgan fingerprint density at radius 3 is 2.13 bits per heavy atom. The Morgan fingerprint density at radius 1 is 1.20 bits per heavy atom. The molecule has 15 heavy (non-hydrogen) atoms. The molecule has 0 aliphatic heterocycles. The van der Waals surface area contributed by atoms with Crippen LogP contribution >= 0.6 is 11.6 Å². The quantitative estimate of drug-likeness (QED) is 0.829. The molecule has 4 N–H and O–H groups in total. The van der Waals surface area contributed by atoms with E-state index in [2.05, 4.69) is 13.8 Å². The Balaban J connectivity index is 2.82. The van der Waals surface area contributed by atoms with Gasteiger partial charge in [-0.05, 0) is 36.1 Å².